The first-order valence-corrected chi connectivity index (χ1v) is 10.0. The Labute approximate surface area is 178 Å². The van der Waals surface area contributed by atoms with E-state index in [1.54, 1.807) is 18.3 Å². The molecule has 0 spiro atoms. The number of carboxylic acids is 2. The molecule has 1 aliphatic heterocycles. The van der Waals surface area contributed by atoms with Crippen molar-refractivity contribution in [3.8, 4) is 0 Å². The fraction of sp³-hybridized carbons (Fsp3) is 0.273. The van der Waals surface area contributed by atoms with E-state index < -0.39 is 18.0 Å². The number of hydrogen-bond acceptors (Lipinski definition) is 4. The highest BCUT2D eigenvalue weighted by molar-refractivity contribution is 6.30. The van der Waals surface area contributed by atoms with Crippen molar-refractivity contribution in [2.24, 2.45) is 7.05 Å². The number of aromatic nitrogens is 1. The van der Waals surface area contributed by atoms with E-state index in [4.69, 9.17) is 11.6 Å². The van der Waals surface area contributed by atoms with Gasteiger partial charge in [0, 0.05) is 66.6 Å². The van der Waals surface area contributed by atoms with Crippen LogP contribution in [0.25, 0.3) is 10.9 Å². The molecule has 1 fully saturated rings. The number of aliphatic carboxylic acids is 1. The van der Waals surface area contributed by atoms with Crippen LogP contribution in [0.2, 0.25) is 5.02 Å². The molecule has 7 nitrogen and oxygen atoms in total. The molecular weight excluding hydrogens is 406 g/mol. The summed E-state index contributed by atoms with van der Waals surface area (Å²) in [5.74, 6) is -1.98. The molecule has 0 unspecified atom stereocenters. The van der Waals surface area contributed by atoms with Crippen molar-refractivity contribution in [3.05, 3.63) is 64.8 Å². The van der Waals surface area contributed by atoms with Crippen LogP contribution in [0.5, 0.6) is 0 Å². The summed E-state index contributed by atoms with van der Waals surface area (Å²) in [5, 5.41) is 20.7. The first kappa shape index (κ1) is 20.3. The summed E-state index contributed by atoms with van der Waals surface area (Å²) < 4.78 is 1.84. The molecule has 0 aliphatic carbocycles. The molecule has 4 rings (SSSR count). The minimum atomic E-state index is -1.03. The Morgan fingerprint density at radius 1 is 1.03 bits per heavy atom. The predicted molar refractivity (Wildman–Crippen MR) is 115 cm³/mol. The van der Waals surface area contributed by atoms with Crippen LogP contribution in [0.1, 0.15) is 22.0 Å². The molecule has 1 aromatic heterocycles. The number of aromatic carboxylic acids is 1. The number of carbonyl (C=O) groups is 2. The third-order valence-corrected chi connectivity index (χ3v) is 5.88. The lowest BCUT2D eigenvalue weighted by molar-refractivity contribution is -0.143. The van der Waals surface area contributed by atoms with Crippen molar-refractivity contribution >= 4 is 40.1 Å². The average Bonchev–Trinajstić information content (AvgIpc) is 3.04. The van der Waals surface area contributed by atoms with Gasteiger partial charge in [-0.2, -0.15) is 0 Å². The molecular formula is C22H22ClN3O4. The van der Waals surface area contributed by atoms with Gasteiger partial charge in [0.1, 0.15) is 6.04 Å². The minimum absolute atomic E-state index is 0.143. The Morgan fingerprint density at radius 2 is 1.77 bits per heavy atom. The highest BCUT2D eigenvalue weighted by Gasteiger charge is 2.32. The van der Waals surface area contributed by atoms with Crippen molar-refractivity contribution in [1.82, 2.24) is 9.47 Å². The monoisotopic (exact) mass is 427 g/mol. The number of piperazine rings is 1. The Hall–Kier alpha value is -3.03. The smallest absolute Gasteiger partial charge is 0.335 e. The van der Waals surface area contributed by atoms with Gasteiger partial charge in [-0.15, -0.1) is 0 Å². The maximum Gasteiger partial charge on any atom is 0.335 e. The molecule has 1 aliphatic rings. The van der Waals surface area contributed by atoms with Gasteiger partial charge in [-0.05, 0) is 36.4 Å². The maximum absolute atomic E-state index is 12.3. The Kier molecular flexibility index (Phi) is 5.40. The van der Waals surface area contributed by atoms with Gasteiger partial charge in [-0.1, -0.05) is 17.7 Å². The van der Waals surface area contributed by atoms with E-state index in [1.165, 1.54) is 6.07 Å². The zero-order valence-electron chi connectivity index (χ0n) is 16.5. The van der Waals surface area contributed by atoms with E-state index in [0.717, 1.165) is 11.2 Å². The van der Waals surface area contributed by atoms with Crippen LogP contribution in [0, 0.1) is 0 Å². The summed E-state index contributed by atoms with van der Waals surface area (Å²) in [6, 6.07) is 11.6. The minimum Gasteiger partial charge on any atom is -0.480 e. The summed E-state index contributed by atoms with van der Waals surface area (Å²) in [4.78, 5) is 27.8. The lowest BCUT2D eigenvalue weighted by atomic mass is 10.0. The third kappa shape index (κ3) is 3.74. The first-order valence-electron chi connectivity index (χ1n) is 9.65. The van der Waals surface area contributed by atoms with Crippen LogP contribution in [-0.2, 0) is 11.8 Å². The number of rotatable bonds is 5. The van der Waals surface area contributed by atoms with Crippen LogP contribution in [-0.4, -0.2) is 57.8 Å². The molecule has 2 aromatic carbocycles. The van der Waals surface area contributed by atoms with E-state index in [0.29, 0.717) is 42.2 Å². The number of carboxylic acid groups (broad SMARTS) is 2. The predicted octanol–water partition coefficient (Wildman–Crippen LogP) is 3.48. The van der Waals surface area contributed by atoms with Crippen molar-refractivity contribution in [3.63, 3.8) is 0 Å². The maximum atomic E-state index is 12.3. The number of fused-ring (bicyclic) bond motifs is 1. The molecule has 0 radical (unpaired) electrons. The highest BCUT2D eigenvalue weighted by atomic mass is 35.5. The number of hydrogen-bond donors (Lipinski definition) is 2. The van der Waals surface area contributed by atoms with E-state index in [-0.39, 0.29) is 5.56 Å². The molecule has 1 saturated heterocycles. The highest BCUT2D eigenvalue weighted by Crippen LogP contribution is 2.32. The fourth-order valence-electron chi connectivity index (χ4n) is 4.17. The zero-order chi connectivity index (χ0) is 21.4. The molecule has 0 saturated carbocycles. The number of anilines is 1. The number of nitrogens with zero attached hydrogens (tertiary/aromatic N) is 3. The van der Waals surface area contributed by atoms with Gasteiger partial charge >= 0.3 is 11.9 Å². The largest absolute Gasteiger partial charge is 0.480 e. The molecule has 0 bridgehead atoms. The van der Waals surface area contributed by atoms with Gasteiger partial charge in [-0.25, -0.2) is 4.79 Å². The topological polar surface area (TPSA) is 86.0 Å². The molecule has 3 aromatic rings. The fourth-order valence-corrected chi connectivity index (χ4v) is 4.36. The standard InChI is InChI=1S/C22H22ClN3O4/c1-24-13-18(17-11-14(21(27)28)5-6-19(17)24)20(22(29)30)26-9-7-25(8-10-26)16-4-2-3-15(23)12-16/h2-6,11-13,20H,7-10H2,1H3,(H,27,28)(H,29,30)/t20-/m1/s1. The molecule has 156 valence electrons. The quantitative estimate of drug-likeness (QED) is 0.648. The van der Waals surface area contributed by atoms with Crippen LogP contribution >= 0.6 is 11.6 Å². The second-order valence-corrected chi connectivity index (χ2v) is 7.91. The van der Waals surface area contributed by atoms with Crippen LogP contribution in [0.15, 0.2) is 48.7 Å². The zero-order valence-corrected chi connectivity index (χ0v) is 17.2. The molecule has 30 heavy (non-hydrogen) atoms. The van der Waals surface area contributed by atoms with E-state index in [2.05, 4.69) is 4.90 Å². The molecule has 1 atom stereocenters. The van der Waals surface area contributed by atoms with Gasteiger partial charge in [0.25, 0.3) is 0 Å². The SMILES string of the molecule is Cn1cc([C@H](C(=O)O)N2CCN(c3cccc(Cl)c3)CC2)c2cc(C(=O)O)ccc21. The Morgan fingerprint density at radius 3 is 2.40 bits per heavy atom. The summed E-state index contributed by atoms with van der Waals surface area (Å²) in [6.45, 7) is 2.49. The Bertz CT molecular complexity index is 1120. The summed E-state index contributed by atoms with van der Waals surface area (Å²) in [5.41, 5.74) is 2.58. The van der Waals surface area contributed by atoms with Crippen molar-refractivity contribution in [1.29, 1.82) is 0 Å². The summed E-state index contributed by atoms with van der Waals surface area (Å²) in [7, 11) is 1.84. The normalized spacial score (nSPS) is 16.0. The number of halogens is 1. The van der Waals surface area contributed by atoms with Crippen molar-refractivity contribution < 1.29 is 19.8 Å². The van der Waals surface area contributed by atoms with E-state index in [9.17, 15) is 19.8 Å². The summed E-state index contributed by atoms with van der Waals surface area (Å²) in [6.07, 6.45) is 1.79. The molecule has 8 heteroatoms. The van der Waals surface area contributed by atoms with Crippen LogP contribution in [0.4, 0.5) is 5.69 Å². The van der Waals surface area contributed by atoms with Gasteiger partial charge in [0.2, 0.25) is 0 Å². The van der Waals surface area contributed by atoms with Gasteiger partial charge in [0.15, 0.2) is 0 Å². The Balaban J connectivity index is 1.63. The van der Waals surface area contributed by atoms with Crippen LogP contribution < -0.4 is 4.90 Å². The third-order valence-electron chi connectivity index (χ3n) is 5.65. The van der Waals surface area contributed by atoms with Crippen molar-refractivity contribution in [2.45, 2.75) is 6.04 Å². The number of aryl methyl sites for hydroxylation is 1. The number of benzene rings is 2. The first-order chi connectivity index (χ1) is 14.3. The molecule has 0 amide bonds. The average molecular weight is 428 g/mol. The van der Waals surface area contributed by atoms with E-state index in [1.807, 2.05) is 40.8 Å². The lowest BCUT2D eigenvalue weighted by Gasteiger charge is -2.38. The van der Waals surface area contributed by atoms with Gasteiger partial charge < -0.3 is 19.7 Å². The molecule has 2 heterocycles. The second-order valence-electron chi connectivity index (χ2n) is 7.48. The van der Waals surface area contributed by atoms with Gasteiger partial charge in [0.05, 0.1) is 5.56 Å². The second kappa shape index (κ2) is 8.01. The van der Waals surface area contributed by atoms with Crippen LogP contribution in [0.3, 0.4) is 0 Å². The van der Waals surface area contributed by atoms with Gasteiger partial charge in [-0.3, -0.25) is 9.69 Å². The summed E-state index contributed by atoms with van der Waals surface area (Å²) >= 11 is 6.10. The van der Waals surface area contributed by atoms with Crippen molar-refractivity contribution in [2.75, 3.05) is 31.1 Å². The lowest BCUT2D eigenvalue weighted by Crippen LogP contribution is -2.49. The molecule has 2 N–H and O–H groups in total. The van der Waals surface area contributed by atoms with E-state index >= 15 is 0 Å².